The quantitative estimate of drug-likeness (QED) is 0.278. The van der Waals surface area contributed by atoms with Crippen LogP contribution in [0.1, 0.15) is 53.4 Å². The molecule has 0 saturated heterocycles. The van der Waals surface area contributed by atoms with Crippen LogP contribution >= 0.6 is 0 Å². The summed E-state index contributed by atoms with van der Waals surface area (Å²) < 4.78 is 15.4. The molecule has 0 unspecified atom stereocenters. The monoisotopic (exact) mass is 372 g/mol. The highest BCUT2D eigenvalue weighted by molar-refractivity contribution is 6.75. The van der Waals surface area contributed by atoms with Gasteiger partial charge < -0.3 is 13.9 Å². The first-order valence-corrected chi connectivity index (χ1v) is 11.7. The Morgan fingerprint density at radius 3 is 1.68 bits per heavy atom. The fraction of sp³-hybridized carbons (Fsp3) is 0.722. The van der Waals surface area contributed by atoms with Crippen LogP contribution < -0.4 is 0 Å². The predicted octanol–water partition coefficient (Wildman–Crippen LogP) is 3.76. The van der Waals surface area contributed by atoms with E-state index in [0.717, 1.165) is 49.5 Å². The minimum Gasteiger partial charge on any atom is -0.517 e. The molecule has 0 saturated carbocycles. The van der Waals surface area contributed by atoms with E-state index >= 15 is 0 Å². The molecule has 0 aromatic carbocycles. The van der Waals surface area contributed by atoms with Crippen LogP contribution in [-0.2, 0) is 28.3 Å². The van der Waals surface area contributed by atoms with Gasteiger partial charge in [-0.05, 0) is 24.6 Å². The van der Waals surface area contributed by atoms with Crippen LogP contribution in [0.2, 0.25) is 18.1 Å². The third-order valence-corrected chi connectivity index (χ3v) is 8.48. The van der Waals surface area contributed by atoms with Crippen molar-refractivity contribution in [2.24, 2.45) is 0 Å². The van der Waals surface area contributed by atoms with Gasteiger partial charge in [0.25, 0.3) is 8.32 Å². The number of carbonyl (C=O) groups is 3. The lowest BCUT2D eigenvalue weighted by Crippen LogP contribution is -2.41. The molecule has 0 heterocycles. The van der Waals surface area contributed by atoms with Crippen LogP contribution in [0.15, 0.2) is 12.2 Å². The topological polar surface area (TPSA) is 78.9 Å². The highest BCUT2D eigenvalue weighted by Gasteiger charge is 2.36. The Bertz CT molecular complexity index is 430. The third kappa shape index (κ3) is 10.8. The Balaban J connectivity index is 4.48. The van der Waals surface area contributed by atoms with Crippen LogP contribution in [0.5, 0.6) is 0 Å². The first kappa shape index (κ1) is 23.4. The molecule has 6 nitrogen and oxygen atoms in total. The molecule has 0 radical (unpaired) electrons. The van der Waals surface area contributed by atoms with Gasteiger partial charge in [0.05, 0.1) is 6.61 Å². The Labute approximate surface area is 152 Å². The van der Waals surface area contributed by atoms with Crippen LogP contribution in [0.25, 0.3) is 0 Å². The molecular weight excluding hydrogens is 340 g/mol. The average molecular weight is 373 g/mol. The molecule has 144 valence electrons. The lowest BCUT2D eigenvalue weighted by Gasteiger charge is -2.30. The molecule has 0 aliphatic carbocycles. The van der Waals surface area contributed by atoms with Crippen molar-refractivity contribution in [1.82, 2.24) is 0 Å². The van der Waals surface area contributed by atoms with Gasteiger partial charge in [-0.1, -0.05) is 47.0 Å². The molecule has 0 N–H and O–H groups in total. The Hall–Kier alpha value is -1.63. The smallest absolute Gasteiger partial charge is 0.331 e. The zero-order valence-electron chi connectivity index (χ0n) is 16.0. The molecule has 0 aliphatic heterocycles. The van der Waals surface area contributed by atoms with E-state index < -0.39 is 32.8 Å². The van der Waals surface area contributed by atoms with Crippen LogP contribution in [-0.4, -0.2) is 39.4 Å². The van der Waals surface area contributed by atoms with Gasteiger partial charge in [-0.2, -0.15) is 0 Å². The second kappa shape index (κ2) is 13.6. The Kier molecular flexibility index (Phi) is 12.7. The number of rotatable bonds is 13. The van der Waals surface area contributed by atoms with Crippen molar-refractivity contribution in [3.8, 4) is 0 Å². The van der Waals surface area contributed by atoms with Crippen molar-refractivity contribution < 1.29 is 28.3 Å². The zero-order valence-corrected chi connectivity index (χ0v) is 17.0. The van der Waals surface area contributed by atoms with Crippen molar-refractivity contribution >= 4 is 26.2 Å². The number of hydrogen-bond acceptors (Lipinski definition) is 6. The first-order valence-electron chi connectivity index (χ1n) is 9.16. The molecule has 0 amide bonds. The van der Waals surface area contributed by atoms with E-state index in [1.54, 1.807) is 0 Å². The summed E-state index contributed by atoms with van der Waals surface area (Å²) in [5.41, 5.74) is 0. The lowest BCUT2D eigenvalue weighted by molar-refractivity contribution is -0.150. The summed E-state index contributed by atoms with van der Waals surface area (Å²) in [6.45, 7) is 7.99. The second-order valence-electron chi connectivity index (χ2n) is 6.02. The van der Waals surface area contributed by atoms with Gasteiger partial charge in [0.15, 0.2) is 6.61 Å². The lowest BCUT2D eigenvalue weighted by atomic mass is 10.5. The summed E-state index contributed by atoms with van der Waals surface area (Å²) in [6.07, 6.45) is 5.58. The van der Waals surface area contributed by atoms with E-state index in [1.165, 1.54) is 0 Å². The predicted molar refractivity (Wildman–Crippen MR) is 98.5 cm³/mol. The maximum Gasteiger partial charge on any atom is 0.331 e. The van der Waals surface area contributed by atoms with Gasteiger partial charge in [-0.3, -0.25) is 0 Å². The fourth-order valence-electron chi connectivity index (χ4n) is 2.73. The molecule has 7 heteroatoms. The largest absolute Gasteiger partial charge is 0.517 e. The maximum atomic E-state index is 12.1. The number of hydrogen-bond donors (Lipinski definition) is 0. The van der Waals surface area contributed by atoms with Crippen LogP contribution in [0.3, 0.4) is 0 Å². The van der Waals surface area contributed by atoms with Crippen molar-refractivity contribution in [2.45, 2.75) is 71.5 Å². The zero-order chi connectivity index (χ0) is 19.1. The fourth-order valence-corrected chi connectivity index (χ4v) is 7.06. The van der Waals surface area contributed by atoms with Crippen molar-refractivity contribution in [2.75, 3.05) is 13.2 Å². The summed E-state index contributed by atoms with van der Waals surface area (Å²) in [5.74, 6) is -1.88. The molecule has 0 fully saturated rings. The van der Waals surface area contributed by atoms with E-state index in [2.05, 4.69) is 20.8 Å². The summed E-state index contributed by atoms with van der Waals surface area (Å²) in [6, 6.07) is 2.78. The summed E-state index contributed by atoms with van der Waals surface area (Å²) >= 11 is 0. The summed E-state index contributed by atoms with van der Waals surface area (Å²) in [7, 11) is -2.11. The SMILES string of the molecule is CCCOC(=O)/C=C\C(=O)OCC(=O)O[Si](CCC)(CCC)CCC. The normalized spacial score (nSPS) is 11.4. The number of esters is 2. The van der Waals surface area contributed by atoms with E-state index in [4.69, 9.17) is 13.9 Å². The molecule has 0 aromatic heterocycles. The molecule has 25 heavy (non-hydrogen) atoms. The second-order valence-corrected chi connectivity index (χ2v) is 10.1. The minimum absolute atomic E-state index is 0.295. The minimum atomic E-state index is -2.11. The first-order chi connectivity index (χ1) is 11.9. The van der Waals surface area contributed by atoms with Crippen LogP contribution in [0, 0.1) is 0 Å². The average Bonchev–Trinajstić information content (AvgIpc) is 2.57. The summed E-state index contributed by atoms with van der Waals surface area (Å²) in [5, 5.41) is 0. The maximum absolute atomic E-state index is 12.1. The Morgan fingerprint density at radius 2 is 1.24 bits per heavy atom. The number of carbonyl (C=O) groups excluding carboxylic acids is 3. The molecule has 0 aliphatic rings. The molecule has 0 rings (SSSR count). The molecule has 0 bridgehead atoms. The van der Waals surface area contributed by atoms with Crippen molar-refractivity contribution in [1.29, 1.82) is 0 Å². The number of ether oxygens (including phenoxy) is 2. The molecule has 0 aromatic rings. The van der Waals surface area contributed by atoms with Gasteiger partial charge in [0.2, 0.25) is 0 Å². The highest BCUT2D eigenvalue weighted by atomic mass is 28.4. The van der Waals surface area contributed by atoms with E-state index in [1.807, 2.05) is 6.92 Å². The van der Waals surface area contributed by atoms with E-state index in [0.29, 0.717) is 13.0 Å². The van der Waals surface area contributed by atoms with E-state index in [-0.39, 0.29) is 0 Å². The van der Waals surface area contributed by atoms with Gasteiger partial charge in [0, 0.05) is 12.2 Å². The highest BCUT2D eigenvalue weighted by Crippen LogP contribution is 2.27. The Morgan fingerprint density at radius 1 is 0.760 bits per heavy atom. The summed E-state index contributed by atoms with van der Waals surface area (Å²) in [4.78, 5) is 34.9. The standard InChI is InChI=1S/C18H32O6Si/c1-5-11-22-16(19)9-10-17(20)23-15-18(21)24-25(12-6-2,13-7-3)14-8-4/h9-10H,5-8,11-15H2,1-4H3/b10-9-. The molecule has 0 atom stereocenters. The molecular formula is C18H32O6Si. The third-order valence-electron chi connectivity index (χ3n) is 3.58. The van der Waals surface area contributed by atoms with Crippen molar-refractivity contribution in [3.63, 3.8) is 0 Å². The van der Waals surface area contributed by atoms with Gasteiger partial charge in [-0.15, -0.1) is 0 Å². The van der Waals surface area contributed by atoms with Crippen LogP contribution in [0.4, 0.5) is 0 Å². The van der Waals surface area contributed by atoms with Gasteiger partial charge >= 0.3 is 17.9 Å². The van der Waals surface area contributed by atoms with Crippen molar-refractivity contribution in [3.05, 3.63) is 12.2 Å². The molecule has 0 spiro atoms. The van der Waals surface area contributed by atoms with Gasteiger partial charge in [-0.25, -0.2) is 14.4 Å². The van der Waals surface area contributed by atoms with E-state index in [9.17, 15) is 14.4 Å². The van der Waals surface area contributed by atoms with Gasteiger partial charge in [0.1, 0.15) is 0 Å².